The van der Waals surface area contributed by atoms with Crippen LogP contribution in [0.25, 0.3) is 0 Å². The second-order valence-electron chi connectivity index (χ2n) is 7.26. The van der Waals surface area contributed by atoms with Crippen molar-refractivity contribution in [2.45, 2.75) is 75.8 Å². The van der Waals surface area contributed by atoms with E-state index in [1.807, 2.05) is 0 Å². The van der Waals surface area contributed by atoms with Gasteiger partial charge in [-0.1, -0.05) is 43.5 Å². The number of carbonyl (C=O) groups is 1. The Kier molecular flexibility index (Phi) is 4.82. The van der Waals surface area contributed by atoms with E-state index in [-0.39, 0.29) is 11.4 Å². The molecule has 0 aromatic heterocycles. The minimum atomic E-state index is 0.0708. The smallest absolute Gasteiger partial charge is 0.220 e. The lowest BCUT2D eigenvalue weighted by Gasteiger charge is -2.22. The molecule has 0 radical (unpaired) electrons. The molecule has 0 bridgehead atoms. The van der Waals surface area contributed by atoms with Gasteiger partial charge in [0.1, 0.15) is 0 Å². The van der Waals surface area contributed by atoms with Gasteiger partial charge in [-0.05, 0) is 49.7 Å². The van der Waals surface area contributed by atoms with Gasteiger partial charge in [0.05, 0.1) is 0 Å². The molecule has 3 rings (SSSR count). The number of carbonyl (C=O) groups excluding carboxylic acids is 1. The average Bonchev–Trinajstić information content (AvgIpc) is 3.25. The molecule has 120 valence electrons. The maximum atomic E-state index is 12.0. The average molecular weight is 300 g/mol. The molecule has 2 aliphatic carbocycles. The van der Waals surface area contributed by atoms with E-state index in [1.165, 1.54) is 30.4 Å². The van der Waals surface area contributed by atoms with Crippen molar-refractivity contribution >= 4 is 5.91 Å². The molecule has 2 aliphatic rings. The monoisotopic (exact) mass is 300 g/mol. The summed E-state index contributed by atoms with van der Waals surface area (Å²) in [6.07, 6.45) is 10.8. The molecule has 0 unspecified atom stereocenters. The van der Waals surface area contributed by atoms with Crippen LogP contribution in [0.5, 0.6) is 0 Å². The van der Waals surface area contributed by atoms with Gasteiger partial charge in [0.2, 0.25) is 5.91 Å². The fraction of sp³-hybridized carbons (Fsp3) is 0.632. The minimum absolute atomic E-state index is 0.0708. The van der Waals surface area contributed by atoms with E-state index >= 15 is 0 Å². The van der Waals surface area contributed by atoms with Gasteiger partial charge in [0.15, 0.2) is 0 Å². The standard InChI is InChI=1S/C19H28N2O/c20-19(12-13-19)14-16-8-6-15(7-9-16)10-11-18(22)21-17-4-2-1-3-5-17/h6-9,17H,1-5,10-14,20H2,(H,21,22). The lowest BCUT2D eigenvalue weighted by molar-refractivity contribution is -0.121. The van der Waals surface area contributed by atoms with E-state index in [1.54, 1.807) is 0 Å². The fourth-order valence-corrected chi connectivity index (χ4v) is 3.37. The molecule has 3 heteroatoms. The maximum Gasteiger partial charge on any atom is 0.220 e. The van der Waals surface area contributed by atoms with Crippen LogP contribution in [0.4, 0.5) is 0 Å². The highest BCUT2D eigenvalue weighted by Gasteiger charge is 2.37. The van der Waals surface area contributed by atoms with Gasteiger partial charge < -0.3 is 11.1 Å². The Labute approximate surface area is 133 Å². The van der Waals surface area contributed by atoms with Gasteiger partial charge in [-0.3, -0.25) is 4.79 Å². The number of aryl methyl sites for hydroxylation is 1. The van der Waals surface area contributed by atoms with E-state index in [4.69, 9.17) is 5.73 Å². The first-order chi connectivity index (χ1) is 10.6. The molecule has 1 aromatic carbocycles. The number of benzene rings is 1. The normalized spacial score (nSPS) is 20.6. The molecule has 1 aromatic rings. The van der Waals surface area contributed by atoms with E-state index in [9.17, 15) is 4.79 Å². The van der Waals surface area contributed by atoms with E-state index in [2.05, 4.69) is 29.6 Å². The van der Waals surface area contributed by atoms with E-state index < -0.39 is 0 Å². The largest absolute Gasteiger partial charge is 0.353 e. The van der Waals surface area contributed by atoms with E-state index in [0.717, 1.165) is 38.5 Å². The second-order valence-corrected chi connectivity index (χ2v) is 7.26. The zero-order valence-electron chi connectivity index (χ0n) is 13.4. The van der Waals surface area contributed by atoms with Crippen LogP contribution in [-0.4, -0.2) is 17.5 Å². The van der Waals surface area contributed by atoms with Crippen molar-refractivity contribution in [3.05, 3.63) is 35.4 Å². The van der Waals surface area contributed by atoms with E-state index in [0.29, 0.717) is 12.5 Å². The summed E-state index contributed by atoms with van der Waals surface area (Å²) in [6, 6.07) is 9.05. The summed E-state index contributed by atoms with van der Waals surface area (Å²) in [5.74, 6) is 0.204. The molecular formula is C19H28N2O. The third-order valence-corrected chi connectivity index (χ3v) is 5.08. The van der Waals surface area contributed by atoms with Gasteiger partial charge in [-0.2, -0.15) is 0 Å². The molecule has 1 amide bonds. The third kappa shape index (κ3) is 4.57. The molecule has 22 heavy (non-hydrogen) atoms. The number of hydrogen-bond donors (Lipinski definition) is 2. The van der Waals surface area contributed by atoms with Gasteiger partial charge in [-0.15, -0.1) is 0 Å². The summed E-state index contributed by atoms with van der Waals surface area (Å²) in [7, 11) is 0. The third-order valence-electron chi connectivity index (χ3n) is 5.08. The fourth-order valence-electron chi connectivity index (χ4n) is 3.37. The zero-order valence-corrected chi connectivity index (χ0v) is 13.4. The summed E-state index contributed by atoms with van der Waals surface area (Å²) >= 11 is 0. The van der Waals surface area contributed by atoms with Crippen molar-refractivity contribution in [1.82, 2.24) is 5.32 Å². The summed E-state index contributed by atoms with van der Waals surface area (Å²) in [5, 5.41) is 3.18. The van der Waals surface area contributed by atoms with Crippen LogP contribution in [0.3, 0.4) is 0 Å². The van der Waals surface area contributed by atoms with Crippen LogP contribution in [0.1, 0.15) is 62.5 Å². The summed E-state index contributed by atoms with van der Waals surface area (Å²) in [6.45, 7) is 0. The Morgan fingerprint density at radius 3 is 2.36 bits per heavy atom. The van der Waals surface area contributed by atoms with Crippen molar-refractivity contribution in [1.29, 1.82) is 0 Å². The first kappa shape index (κ1) is 15.5. The van der Waals surface area contributed by atoms with Crippen LogP contribution < -0.4 is 11.1 Å². The molecular weight excluding hydrogens is 272 g/mol. The molecule has 2 fully saturated rings. The Hall–Kier alpha value is -1.35. The Bertz CT molecular complexity index is 499. The lowest BCUT2D eigenvalue weighted by atomic mass is 9.95. The number of nitrogens with two attached hydrogens (primary N) is 1. The van der Waals surface area contributed by atoms with Crippen molar-refractivity contribution in [3.63, 3.8) is 0 Å². The zero-order chi connectivity index (χ0) is 15.4. The van der Waals surface area contributed by atoms with Gasteiger partial charge in [-0.25, -0.2) is 0 Å². The highest BCUT2D eigenvalue weighted by atomic mass is 16.1. The first-order valence-electron chi connectivity index (χ1n) is 8.79. The van der Waals surface area contributed by atoms with Crippen molar-refractivity contribution in [3.8, 4) is 0 Å². The van der Waals surface area contributed by atoms with Crippen LogP contribution in [-0.2, 0) is 17.6 Å². The predicted molar refractivity (Wildman–Crippen MR) is 89.6 cm³/mol. The van der Waals surface area contributed by atoms with Crippen molar-refractivity contribution in [2.75, 3.05) is 0 Å². The topological polar surface area (TPSA) is 55.1 Å². The summed E-state index contributed by atoms with van der Waals surface area (Å²) in [4.78, 5) is 12.0. The van der Waals surface area contributed by atoms with Crippen molar-refractivity contribution in [2.24, 2.45) is 5.73 Å². The number of hydrogen-bond acceptors (Lipinski definition) is 2. The number of amides is 1. The number of rotatable bonds is 6. The van der Waals surface area contributed by atoms with Crippen LogP contribution in [0.2, 0.25) is 0 Å². The predicted octanol–water partition coefficient (Wildman–Crippen LogP) is 3.10. The molecule has 0 spiro atoms. The van der Waals surface area contributed by atoms with Gasteiger partial charge >= 0.3 is 0 Å². The highest BCUT2D eigenvalue weighted by molar-refractivity contribution is 5.76. The quantitative estimate of drug-likeness (QED) is 0.848. The Morgan fingerprint density at radius 2 is 1.73 bits per heavy atom. The Morgan fingerprint density at radius 1 is 1.09 bits per heavy atom. The van der Waals surface area contributed by atoms with Crippen molar-refractivity contribution < 1.29 is 4.79 Å². The first-order valence-corrected chi connectivity index (χ1v) is 8.79. The second kappa shape index (κ2) is 6.82. The molecule has 3 N–H and O–H groups in total. The van der Waals surface area contributed by atoms with Gasteiger partial charge in [0.25, 0.3) is 0 Å². The number of nitrogens with one attached hydrogen (secondary N) is 1. The van der Waals surface area contributed by atoms with Crippen LogP contribution >= 0.6 is 0 Å². The maximum absolute atomic E-state index is 12.0. The molecule has 2 saturated carbocycles. The summed E-state index contributed by atoms with van der Waals surface area (Å²) < 4.78 is 0. The molecule has 0 aliphatic heterocycles. The lowest BCUT2D eigenvalue weighted by Crippen LogP contribution is -2.36. The molecule has 0 heterocycles. The van der Waals surface area contributed by atoms with Crippen LogP contribution in [0, 0.1) is 0 Å². The molecule has 0 saturated heterocycles. The molecule has 3 nitrogen and oxygen atoms in total. The Balaban J connectivity index is 1.41. The highest BCUT2D eigenvalue weighted by Crippen LogP contribution is 2.35. The van der Waals surface area contributed by atoms with Gasteiger partial charge in [0, 0.05) is 18.0 Å². The summed E-state index contributed by atoms with van der Waals surface area (Å²) in [5.41, 5.74) is 8.78. The molecule has 0 atom stereocenters. The van der Waals surface area contributed by atoms with Crippen LogP contribution in [0.15, 0.2) is 24.3 Å². The SMILES string of the molecule is NC1(Cc2ccc(CCC(=O)NC3CCCCC3)cc2)CC1. The minimum Gasteiger partial charge on any atom is -0.353 e.